The Labute approximate surface area is 217 Å². The van der Waals surface area contributed by atoms with Gasteiger partial charge < -0.3 is 28.7 Å². The van der Waals surface area contributed by atoms with Gasteiger partial charge in [-0.1, -0.05) is 6.92 Å². The molecule has 0 spiro atoms. The average Bonchev–Trinajstić information content (AvgIpc) is 3.50. The number of carbonyl (C=O) groups excluding carboxylic acids is 4. The van der Waals surface area contributed by atoms with Crippen molar-refractivity contribution in [1.82, 2.24) is 0 Å². The number of hydrogen-bond acceptors (Lipinski definition) is 10. The van der Waals surface area contributed by atoms with Crippen LogP contribution in [0.4, 0.5) is 5.00 Å². The zero-order valence-corrected chi connectivity index (χ0v) is 21.7. The maximum absolute atomic E-state index is 12.9. The lowest BCUT2D eigenvalue weighted by atomic mass is 10.1. The highest BCUT2D eigenvalue weighted by atomic mass is 32.1. The van der Waals surface area contributed by atoms with Crippen molar-refractivity contribution in [2.45, 2.75) is 33.8 Å². The highest BCUT2D eigenvalue weighted by molar-refractivity contribution is 7.18. The lowest BCUT2D eigenvalue weighted by Crippen LogP contribution is -2.14. The molecule has 3 rings (SSSR count). The van der Waals surface area contributed by atoms with Crippen LogP contribution in [-0.4, -0.2) is 44.1 Å². The summed E-state index contributed by atoms with van der Waals surface area (Å²) >= 11 is 0.931. The van der Waals surface area contributed by atoms with Crippen LogP contribution in [0.15, 0.2) is 40.8 Å². The van der Waals surface area contributed by atoms with E-state index in [9.17, 15) is 19.2 Å². The molecular weight excluding hydrogens is 502 g/mol. The Bertz CT molecular complexity index is 1270. The quantitative estimate of drug-likeness (QED) is 0.269. The lowest BCUT2D eigenvalue weighted by molar-refractivity contribution is 0.0505. The predicted octanol–water partition coefficient (Wildman–Crippen LogP) is 5.01. The molecule has 3 aromatic rings. The third kappa shape index (κ3) is 6.76. The van der Waals surface area contributed by atoms with E-state index in [1.54, 1.807) is 44.2 Å². The zero-order chi connectivity index (χ0) is 26.9. The van der Waals surface area contributed by atoms with Crippen LogP contribution in [0.3, 0.4) is 0 Å². The van der Waals surface area contributed by atoms with Crippen molar-refractivity contribution in [1.29, 1.82) is 0 Å². The van der Waals surface area contributed by atoms with Crippen molar-refractivity contribution < 1.29 is 42.5 Å². The maximum atomic E-state index is 12.9. The molecule has 0 aliphatic heterocycles. The number of rotatable bonds is 11. The molecule has 2 heterocycles. The molecule has 0 aliphatic carbocycles. The zero-order valence-electron chi connectivity index (χ0n) is 20.9. The van der Waals surface area contributed by atoms with E-state index in [4.69, 9.17) is 18.6 Å². The minimum atomic E-state index is -0.645. The Hall–Kier alpha value is -4.12. The SMILES string of the molecule is CCCOC(=O)c1c(NC(=O)c2ccc(COc3ccc(C(=O)OC)cc3)o2)sc(C(=O)OCC)c1C. The van der Waals surface area contributed by atoms with Gasteiger partial charge in [0.05, 0.1) is 31.5 Å². The normalized spacial score (nSPS) is 10.5. The summed E-state index contributed by atoms with van der Waals surface area (Å²) in [7, 11) is 1.30. The number of benzene rings is 1. The van der Waals surface area contributed by atoms with Gasteiger partial charge in [0.25, 0.3) is 5.91 Å². The van der Waals surface area contributed by atoms with Crippen molar-refractivity contribution in [3.63, 3.8) is 0 Å². The van der Waals surface area contributed by atoms with Gasteiger partial charge in [0.1, 0.15) is 28.0 Å². The second kappa shape index (κ2) is 12.7. The molecule has 11 heteroatoms. The number of methoxy groups -OCH3 is 1. The van der Waals surface area contributed by atoms with Crippen molar-refractivity contribution >= 4 is 40.2 Å². The molecule has 0 radical (unpaired) electrons. The topological polar surface area (TPSA) is 130 Å². The molecule has 0 atom stereocenters. The van der Waals surface area contributed by atoms with Crippen LogP contribution >= 0.6 is 11.3 Å². The molecule has 0 saturated carbocycles. The maximum Gasteiger partial charge on any atom is 0.348 e. The number of nitrogens with one attached hydrogen (secondary N) is 1. The summed E-state index contributed by atoms with van der Waals surface area (Å²) in [5.74, 6) is -1.46. The smallest absolute Gasteiger partial charge is 0.348 e. The molecule has 196 valence electrons. The third-order valence-corrected chi connectivity index (χ3v) is 6.21. The first kappa shape index (κ1) is 27.5. The predicted molar refractivity (Wildman–Crippen MR) is 134 cm³/mol. The lowest BCUT2D eigenvalue weighted by Gasteiger charge is -2.07. The van der Waals surface area contributed by atoms with E-state index in [-0.39, 0.29) is 41.0 Å². The number of esters is 3. The van der Waals surface area contributed by atoms with Crippen LogP contribution in [-0.2, 0) is 20.8 Å². The number of ether oxygens (including phenoxy) is 4. The van der Waals surface area contributed by atoms with E-state index >= 15 is 0 Å². The summed E-state index contributed by atoms with van der Waals surface area (Å²) in [6, 6.07) is 9.41. The molecule has 1 N–H and O–H groups in total. The van der Waals surface area contributed by atoms with E-state index in [1.165, 1.54) is 13.2 Å². The second-order valence-electron chi connectivity index (χ2n) is 7.64. The fourth-order valence-electron chi connectivity index (χ4n) is 3.21. The Morgan fingerprint density at radius 1 is 0.946 bits per heavy atom. The van der Waals surface area contributed by atoms with Crippen LogP contribution in [0.1, 0.15) is 72.5 Å². The molecule has 0 saturated heterocycles. The third-order valence-electron chi connectivity index (χ3n) is 5.02. The highest BCUT2D eigenvalue weighted by Crippen LogP contribution is 2.35. The van der Waals surface area contributed by atoms with E-state index in [2.05, 4.69) is 10.1 Å². The number of hydrogen-bond donors (Lipinski definition) is 1. The summed E-state index contributed by atoms with van der Waals surface area (Å²) < 4.78 is 26.2. The van der Waals surface area contributed by atoms with Gasteiger partial charge in [-0.3, -0.25) is 4.79 Å². The fourth-order valence-corrected chi connectivity index (χ4v) is 4.29. The first-order valence-corrected chi connectivity index (χ1v) is 12.3. The first-order valence-electron chi connectivity index (χ1n) is 11.5. The summed E-state index contributed by atoms with van der Waals surface area (Å²) in [5.41, 5.74) is 0.853. The first-order chi connectivity index (χ1) is 17.8. The molecule has 0 aliphatic rings. The molecule has 0 fully saturated rings. The van der Waals surface area contributed by atoms with Gasteiger partial charge in [-0.05, 0) is 62.2 Å². The molecule has 1 amide bonds. The molecule has 1 aromatic carbocycles. The standard InChI is InChI=1S/C26H27NO9S/c1-5-13-34-25(30)20-15(3)21(26(31)33-6-2)37-23(20)27-22(28)19-12-11-18(36-19)14-35-17-9-7-16(8-10-17)24(29)32-4/h7-12H,5-6,13-14H2,1-4H3,(H,27,28). The molecule has 0 bridgehead atoms. The Morgan fingerprint density at radius 2 is 1.68 bits per heavy atom. The minimum absolute atomic E-state index is 0.0174. The van der Waals surface area contributed by atoms with Crippen LogP contribution in [0.25, 0.3) is 0 Å². The number of furan rings is 1. The van der Waals surface area contributed by atoms with E-state index in [0.29, 0.717) is 29.1 Å². The Kier molecular flexibility index (Phi) is 9.45. The molecule has 0 unspecified atom stereocenters. The number of thiophene rings is 1. The van der Waals surface area contributed by atoms with Crippen LogP contribution in [0.5, 0.6) is 5.75 Å². The minimum Gasteiger partial charge on any atom is -0.486 e. The Balaban J connectivity index is 1.72. The average molecular weight is 530 g/mol. The van der Waals surface area contributed by atoms with E-state index in [0.717, 1.165) is 11.3 Å². The molecule has 10 nitrogen and oxygen atoms in total. The number of amides is 1. The van der Waals surface area contributed by atoms with Gasteiger partial charge in [-0.15, -0.1) is 11.3 Å². The largest absolute Gasteiger partial charge is 0.486 e. The Morgan fingerprint density at radius 3 is 2.32 bits per heavy atom. The van der Waals surface area contributed by atoms with Crippen molar-refractivity contribution in [3.05, 3.63) is 69.5 Å². The fraction of sp³-hybridized carbons (Fsp3) is 0.308. The summed E-state index contributed by atoms with van der Waals surface area (Å²) in [5, 5.41) is 2.80. The molecule has 37 heavy (non-hydrogen) atoms. The van der Waals surface area contributed by atoms with Crippen LogP contribution in [0, 0.1) is 6.92 Å². The summed E-state index contributed by atoms with van der Waals surface area (Å²) in [6.45, 7) is 5.53. The van der Waals surface area contributed by atoms with Crippen LogP contribution in [0.2, 0.25) is 0 Å². The monoisotopic (exact) mass is 529 g/mol. The van der Waals surface area contributed by atoms with Crippen LogP contribution < -0.4 is 10.1 Å². The second-order valence-corrected chi connectivity index (χ2v) is 8.66. The molecular formula is C26H27NO9S. The van der Waals surface area contributed by atoms with Gasteiger partial charge in [0, 0.05) is 0 Å². The van der Waals surface area contributed by atoms with Crippen molar-refractivity contribution in [3.8, 4) is 5.75 Å². The van der Waals surface area contributed by atoms with Gasteiger partial charge in [0.15, 0.2) is 5.76 Å². The summed E-state index contributed by atoms with van der Waals surface area (Å²) in [6.07, 6.45) is 0.619. The summed E-state index contributed by atoms with van der Waals surface area (Å²) in [4.78, 5) is 49.6. The molecule has 2 aromatic heterocycles. The van der Waals surface area contributed by atoms with E-state index in [1.807, 2.05) is 6.92 Å². The number of anilines is 1. The van der Waals surface area contributed by atoms with Gasteiger partial charge in [-0.2, -0.15) is 0 Å². The van der Waals surface area contributed by atoms with Crippen molar-refractivity contribution in [2.75, 3.05) is 25.6 Å². The van der Waals surface area contributed by atoms with Gasteiger partial charge in [0.2, 0.25) is 0 Å². The van der Waals surface area contributed by atoms with Crippen molar-refractivity contribution in [2.24, 2.45) is 0 Å². The number of carbonyl (C=O) groups is 4. The highest BCUT2D eigenvalue weighted by Gasteiger charge is 2.28. The van der Waals surface area contributed by atoms with Gasteiger partial charge >= 0.3 is 17.9 Å². The van der Waals surface area contributed by atoms with E-state index < -0.39 is 23.8 Å². The van der Waals surface area contributed by atoms with Gasteiger partial charge in [-0.25, -0.2) is 14.4 Å².